The van der Waals surface area contributed by atoms with Gasteiger partial charge in [0.2, 0.25) is 0 Å². The molecule has 1 saturated carbocycles. The molecule has 0 bridgehead atoms. The molecule has 2 saturated heterocycles. The first kappa shape index (κ1) is 13.9. The van der Waals surface area contributed by atoms with Gasteiger partial charge < -0.3 is 10.6 Å². The van der Waals surface area contributed by atoms with Crippen LogP contribution in [0, 0.1) is 17.8 Å². The molecule has 3 rings (SSSR count). The number of hydrogen-bond acceptors (Lipinski definition) is 2. The molecule has 2 aliphatic heterocycles. The zero-order chi connectivity index (χ0) is 13.2. The molecule has 0 aromatic heterocycles. The second-order valence-electron chi connectivity index (χ2n) is 7.40. The van der Waals surface area contributed by atoms with E-state index >= 15 is 0 Å². The summed E-state index contributed by atoms with van der Waals surface area (Å²) in [6.45, 7) is 6.05. The minimum atomic E-state index is 0.735. The van der Waals surface area contributed by atoms with Crippen LogP contribution in [0.1, 0.15) is 65.2 Å². The molecule has 6 atom stereocenters. The van der Waals surface area contributed by atoms with Crippen LogP contribution in [0.5, 0.6) is 0 Å². The topological polar surface area (TPSA) is 24.1 Å². The third-order valence-corrected chi connectivity index (χ3v) is 6.21. The van der Waals surface area contributed by atoms with E-state index in [-0.39, 0.29) is 0 Å². The van der Waals surface area contributed by atoms with Gasteiger partial charge in [0.15, 0.2) is 0 Å². The fourth-order valence-electron chi connectivity index (χ4n) is 4.92. The van der Waals surface area contributed by atoms with Crippen molar-refractivity contribution in [2.75, 3.05) is 6.54 Å². The zero-order valence-electron chi connectivity index (χ0n) is 12.8. The van der Waals surface area contributed by atoms with Crippen molar-refractivity contribution in [2.45, 2.75) is 83.3 Å². The molecule has 3 aliphatic rings. The maximum atomic E-state index is 4.04. The average Bonchev–Trinajstić information content (AvgIpc) is 2.46. The quantitative estimate of drug-likeness (QED) is 0.799. The molecule has 0 radical (unpaired) electrons. The van der Waals surface area contributed by atoms with Gasteiger partial charge in [-0.2, -0.15) is 0 Å². The number of nitrogens with one attached hydrogen (secondary N) is 2. The Bertz CT molecular complexity index is 291. The summed E-state index contributed by atoms with van der Waals surface area (Å²) in [7, 11) is 0. The molecule has 2 heterocycles. The van der Waals surface area contributed by atoms with Crippen LogP contribution in [-0.2, 0) is 0 Å². The number of piperidine rings is 2. The lowest BCUT2D eigenvalue weighted by Crippen LogP contribution is -2.60. The summed E-state index contributed by atoms with van der Waals surface area (Å²) < 4.78 is 0. The Balaban J connectivity index is 1.57. The third kappa shape index (κ3) is 3.00. The molecule has 2 nitrogen and oxygen atoms in total. The standard InChI is InChI=1S/C17H32N2/c1-3-13-6-8-15-14(11-13)7-9-16(19-15)17-12(2)5-4-10-18-17/h12-19H,3-11H2,1-2H3. The zero-order valence-corrected chi connectivity index (χ0v) is 12.8. The molecular formula is C17H32N2. The Kier molecular flexibility index (Phi) is 4.48. The van der Waals surface area contributed by atoms with E-state index < -0.39 is 0 Å². The number of rotatable bonds is 2. The highest BCUT2D eigenvalue weighted by molar-refractivity contribution is 4.97. The van der Waals surface area contributed by atoms with Crippen LogP contribution in [0.15, 0.2) is 0 Å². The molecule has 19 heavy (non-hydrogen) atoms. The van der Waals surface area contributed by atoms with Crippen molar-refractivity contribution in [3.05, 3.63) is 0 Å². The van der Waals surface area contributed by atoms with Crippen molar-refractivity contribution >= 4 is 0 Å². The minimum absolute atomic E-state index is 0.735. The van der Waals surface area contributed by atoms with Crippen LogP contribution in [0.2, 0.25) is 0 Å². The van der Waals surface area contributed by atoms with E-state index in [1.807, 2.05) is 0 Å². The van der Waals surface area contributed by atoms with E-state index in [1.54, 1.807) is 0 Å². The maximum Gasteiger partial charge on any atom is 0.0246 e. The van der Waals surface area contributed by atoms with Crippen LogP contribution in [0.4, 0.5) is 0 Å². The van der Waals surface area contributed by atoms with E-state index in [4.69, 9.17) is 0 Å². The van der Waals surface area contributed by atoms with E-state index in [1.165, 1.54) is 57.9 Å². The Hall–Kier alpha value is -0.0800. The molecule has 110 valence electrons. The lowest BCUT2D eigenvalue weighted by atomic mass is 9.71. The summed E-state index contributed by atoms with van der Waals surface area (Å²) in [5.41, 5.74) is 0. The normalized spacial score (nSPS) is 47.7. The monoisotopic (exact) mass is 264 g/mol. The van der Waals surface area contributed by atoms with Crippen LogP contribution in [-0.4, -0.2) is 24.7 Å². The fraction of sp³-hybridized carbons (Fsp3) is 1.00. The molecule has 0 aromatic rings. The minimum Gasteiger partial charge on any atom is -0.312 e. The van der Waals surface area contributed by atoms with E-state index in [0.29, 0.717) is 0 Å². The largest absolute Gasteiger partial charge is 0.312 e. The number of hydrogen-bond donors (Lipinski definition) is 2. The summed E-state index contributed by atoms with van der Waals surface area (Å²) in [4.78, 5) is 0. The molecule has 0 amide bonds. The highest BCUT2D eigenvalue weighted by atomic mass is 15.1. The van der Waals surface area contributed by atoms with Gasteiger partial charge in [0.05, 0.1) is 0 Å². The Labute approximate surface area is 119 Å². The van der Waals surface area contributed by atoms with Gasteiger partial charge in [0.1, 0.15) is 0 Å². The smallest absolute Gasteiger partial charge is 0.0246 e. The first-order valence-corrected chi connectivity index (χ1v) is 8.77. The molecule has 2 heteroatoms. The van der Waals surface area contributed by atoms with Gasteiger partial charge in [-0.05, 0) is 69.2 Å². The second-order valence-corrected chi connectivity index (χ2v) is 7.40. The van der Waals surface area contributed by atoms with E-state index in [2.05, 4.69) is 24.5 Å². The second kappa shape index (κ2) is 6.13. The third-order valence-electron chi connectivity index (χ3n) is 6.21. The fourth-order valence-corrected chi connectivity index (χ4v) is 4.92. The average molecular weight is 264 g/mol. The van der Waals surface area contributed by atoms with Crippen molar-refractivity contribution in [1.29, 1.82) is 0 Å². The van der Waals surface area contributed by atoms with E-state index in [9.17, 15) is 0 Å². The molecule has 6 unspecified atom stereocenters. The SMILES string of the molecule is CCC1CCC2NC(C3NCCCC3C)CCC2C1. The van der Waals surface area contributed by atoms with Crippen LogP contribution in [0.25, 0.3) is 0 Å². The lowest BCUT2D eigenvalue weighted by Gasteiger charge is -2.47. The van der Waals surface area contributed by atoms with Crippen LogP contribution in [0.3, 0.4) is 0 Å². The molecule has 3 fully saturated rings. The highest BCUT2D eigenvalue weighted by Gasteiger charge is 2.38. The highest BCUT2D eigenvalue weighted by Crippen LogP contribution is 2.38. The predicted octanol–water partition coefficient (Wildman–Crippen LogP) is 3.32. The van der Waals surface area contributed by atoms with Gasteiger partial charge in [0, 0.05) is 18.1 Å². The van der Waals surface area contributed by atoms with Crippen molar-refractivity contribution in [3.63, 3.8) is 0 Å². The predicted molar refractivity (Wildman–Crippen MR) is 81.3 cm³/mol. The summed E-state index contributed by atoms with van der Waals surface area (Å²) in [6.07, 6.45) is 11.5. The number of fused-ring (bicyclic) bond motifs is 1. The van der Waals surface area contributed by atoms with Gasteiger partial charge in [-0.15, -0.1) is 0 Å². The van der Waals surface area contributed by atoms with Gasteiger partial charge in [0.25, 0.3) is 0 Å². The summed E-state index contributed by atoms with van der Waals surface area (Å²) in [5.74, 6) is 2.86. The molecule has 1 aliphatic carbocycles. The van der Waals surface area contributed by atoms with Gasteiger partial charge >= 0.3 is 0 Å². The molecule has 0 aromatic carbocycles. The summed E-state index contributed by atoms with van der Waals surface area (Å²) in [6, 6.07) is 2.31. The maximum absolute atomic E-state index is 4.04. The van der Waals surface area contributed by atoms with Crippen LogP contribution >= 0.6 is 0 Å². The first-order chi connectivity index (χ1) is 9.28. The molecule has 0 spiro atoms. The van der Waals surface area contributed by atoms with Gasteiger partial charge in [-0.3, -0.25) is 0 Å². The summed E-state index contributed by atoms with van der Waals surface area (Å²) >= 11 is 0. The van der Waals surface area contributed by atoms with Gasteiger partial charge in [-0.25, -0.2) is 0 Å². The molecular weight excluding hydrogens is 232 g/mol. The lowest BCUT2D eigenvalue weighted by molar-refractivity contribution is 0.106. The van der Waals surface area contributed by atoms with Crippen molar-refractivity contribution in [1.82, 2.24) is 10.6 Å². The van der Waals surface area contributed by atoms with E-state index in [0.717, 1.165) is 35.9 Å². The first-order valence-electron chi connectivity index (χ1n) is 8.77. The molecule has 2 N–H and O–H groups in total. The van der Waals surface area contributed by atoms with Crippen LogP contribution < -0.4 is 10.6 Å². The van der Waals surface area contributed by atoms with Crippen molar-refractivity contribution in [2.24, 2.45) is 17.8 Å². The van der Waals surface area contributed by atoms with Crippen molar-refractivity contribution < 1.29 is 0 Å². The Morgan fingerprint density at radius 1 is 1.00 bits per heavy atom. The summed E-state index contributed by atoms with van der Waals surface area (Å²) in [5, 5.41) is 7.83. The van der Waals surface area contributed by atoms with Crippen molar-refractivity contribution in [3.8, 4) is 0 Å². The Morgan fingerprint density at radius 2 is 1.84 bits per heavy atom. The van der Waals surface area contributed by atoms with Gasteiger partial charge in [-0.1, -0.05) is 20.3 Å². The Morgan fingerprint density at radius 3 is 2.63 bits per heavy atom.